The number of aryl methyl sites for hydroxylation is 1. The molecule has 1 amide bonds. The maximum absolute atomic E-state index is 12.4. The van der Waals surface area contributed by atoms with Gasteiger partial charge in [0, 0.05) is 18.3 Å². The highest BCUT2D eigenvalue weighted by atomic mass is 32.2. The topological polar surface area (TPSA) is 183 Å². The second kappa shape index (κ2) is 14.6. The summed E-state index contributed by atoms with van der Waals surface area (Å²) < 4.78 is 45.4. The zero-order chi connectivity index (χ0) is 28.1. The van der Waals surface area contributed by atoms with Crippen LogP contribution in [0.3, 0.4) is 0 Å². The summed E-state index contributed by atoms with van der Waals surface area (Å²) in [5.41, 5.74) is 9.86. The van der Waals surface area contributed by atoms with Crippen molar-refractivity contribution in [1.82, 2.24) is 5.32 Å². The van der Waals surface area contributed by atoms with Gasteiger partial charge in [-0.15, -0.1) is 0 Å². The highest BCUT2D eigenvalue weighted by Gasteiger charge is 2.23. The lowest BCUT2D eigenvalue weighted by atomic mass is 10.1. The van der Waals surface area contributed by atoms with E-state index in [1.807, 2.05) is 6.92 Å². The monoisotopic (exact) mass is 548 g/mol. The van der Waals surface area contributed by atoms with E-state index in [0.717, 1.165) is 5.56 Å². The molecule has 2 aromatic carbocycles. The number of methoxy groups -OCH3 is 1. The number of nitrogens with one attached hydrogen (secondary N) is 1. The van der Waals surface area contributed by atoms with Crippen molar-refractivity contribution in [2.75, 3.05) is 26.9 Å². The molecule has 0 saturated heterocycles. The van der Waals surface area contributed by atoms with Crippen LogP contribution in [-0.2, 0) is 44.6 Å². The van der Waals surface area contributed by atoms with E-state index in [0.29, 0.717) is 11.3 Å². The Labute approximate surface area is 219 Å². The molecule has 0 aliphatic carbocycles. The minimum atomic E-state index is -4.07. The number of rotatable bonds is 14. The Kier molecular flexibility index (Phi) is 11.5. The number of amides is 1. The van der Waals surface area contributed by atoms with Crippen molar-refractivity contribution >= 4 is 28.0 Å². The Balaban J connectivity index is 1.99. The lowest BCUT2D eigenvalue weighted by Gasteiger charge is -2.18. The zero-order valence-electron chi connectivity index (χ0n) is 21.0. The summed E-state index contributed by atoms with van der Waals surface area (Å²) in [4.78, 5) is 37.8. The lowest BCUT2D eigenvalue weighted by molar-refractivity contribution is -0.149. The molecule has 0 fully saturated rings. The van der Waals surface area contributed by atoms with Crippen LogP contribution >= 0.6 is 0 Å². The molecule has 0 aliphatic heterocycles. The molecule has 0 heterocycles. The van der Waals surface area contributed by atoms with Crippen LogP contribution < -0.4 is 10.1 Å². The first-order valence-electron chi connectivity index (χ1n) is 11.3. The largest absolute Gasteiger partial charge is 0.490 e. The molecule has 1 unspecified atom stereocenters. The van der Waals surface area contributed by atoms with Crippen LogP contribution in [0.2, 0.25) is 0 Å². The van der Waals surface area contributed by atoms with E-state index < -0.39 is 53.3 Å². The molecule has 0 radical (unpaired) electrons. The molecular weight excluding hydrogens is 520 g/mol. The van der Waals surface area contributed by atoms with Crippen LogP contribution in [0.1, 0.15) is 18.1 Å². The number of esters is 2. The maximum Gasteiger partial charge on any atom is 0.328 e. The van der Waals surface area contributed by atoms with Gasteiger partial charge in [0.05, 0.1) is 12.0 Å². The van der Waals surface area contributed by atoms with Gasteiger partial charge in [0.2, 0.25) is 5.91 Å². The molecule has 204 valence electrons. The van der Waals surface area contributed by atoms with Crippen LogP contribution in [0.5, 0.6) is 5.75 Å². The van der Waals surface area contributed by atoms with Gasteiger partial charge in [-0.05, 0) is 42.3 Å². The van der Waals surface area contributed by atoms with Crippen molar-refractivity contribution in [2.45, 2.75) is 37.3 Å². The van der Waals surface area contributed by atoms with Gasteiger partial charge >= 0.3 is 11.9 Å². The molecule has 0 spiro atoms. The van der Waals surface area contributed by atoms with E-state index in [1.54, 1.807) is 36.4 Å². The molecular formula is C24H28N4O9S. The Morgan fingerprint density at radius 3 is 2.29 bits per heavy atom. The molecule has 0 aromatic heterocycles. The van der Waals surface area contributed by atoms with E-state index in [1.165, 1.54) is 26.2 Å². The van der Waals surface area contributed by atoms with Crippen molar-refractivity contribution in [3.63, 3.8) is 0 Å². The van der Waals surface area contributed by atoms with Gasteiger partial charge in [-0.1, -0.05) is 34.9 Å². The van der Waals surface area contributed by atoms with E-state index in [4.69, 9.17) is 23.9 Å². The van der Waals surface area contributed by atoms with Crippen LogP contribution in [0.25, 0.3) is 10.4 Å². The Bertz CT molecular complexity index is 1260. The third-order valence-corrected chi connectivity index (χ3v) is 6.24. The minimum absolute atomic E-state index is 0.0274. The van der Waals surface area contributed by atoms with Crippen molar-refractivity contribution in [3.8, 4) is 5.75 Å². The fraction of sp³-hybridized carbons (Fsp3) is 0.375. The van der Waals surface area contributed by atoms with Crippen LogP contribution in [0.15, 0.2) is 58.5 Å². The van der Waals surface area contributed by atoms with Gasteiger partial charge in [0.15, 0.2) is 6.10 Å². The smallest absolute Gasteiger partial charge is 0.328 e. The summed E-state index contributed by atoms with van der Waals surface area (Å²) in [7, 11) is -2.89. The van der Waals surface area contributed by atoms with E-state index in [9.17, 15) is 22.8 Å². The fourth-order valence-corrected chi connectivity index (χ4v) is 4.04. The summed E-state index contributed by atoms with van der Waals surface area (Å²) in [6.45, 7) is 1.89. The second-order valence-corrected chi connectivity index (χ2v) is 9.59. The minimum Gasteiger partial charge on any atom is -0.490 e. The number of hydrogen-bond donors (Lipinski definition) is 1. The second-order valence-electron chi connectivity index (χ2n) is 7.97. The van der Waals surface area contributed by atoms with Gasteiger partial charge in [-0.3, -0.25) is 13.8 Å². The van der Waals surface area contributed by atoms with Gasteiger partial charge in [-0.25, -0.2) is 4.79 Å². The molecule has 13 nitrogen and oxygen atoms in total. The summed E-state index contributed by atoms with van der Waals surface area (Å²) in [5, 5.41) is 5.60. The molecule has 0 saturated carbocycles. The molecule has 2 rings (SSSR count). The van der Waals surface area contributed by atoms with Gasteiger partial charge in [0.1, 0.15) is 31.5 Å². The fourth-order valence-electron chi connectivity index (χ4n) is 3.11. The third-order valence-electron chi connectivity index (χ3n) is 4.95. The number of hydrogen-bond acceptors (Lipinski definition) is 10. The van der Waals surface area contributed by atoms with Crippen molar-refractivity contribution in [2.24, 2.45) is 5.11 Å². The number of ether oxygens (including phenoxy) is 3. The first-order valence-corrected chi connectivity index (χ1v) is 12.7. The molecule has 0 aliphatic rings. The number of carbonyl (C=O) groups excluding carboxylic acids is 3. The number of carbonyl (C=O) groups is 3. The SMILES string of the molecule is COC(=O)C(Cc1ccc(OC[C@@H](COS(=O)(=O)c2ccc(C)cc2)OC(C)=O)cc1)NC(=O)CN=[N+]=[N-]. The van der Waals surface area contributed by atoms with Crippen LogP contribution in [0.4, 0.5) is 0 Å². The Morgan fingerprint density at radius 1 is 1.05 bits per heavy atom. The average molecular weight is 549 g/mol. The molecule has 38 heavy (non-hydrogen) atoms. The molecule has 0 bridgehead atoms. The predicted octanol–water partition coefficient (Wildman–Crippen LogP) is 2.22. The van der Waals surface area contributed by atoms with Crippen molar-refractivity contribution < 1.29 is 41.2 Å². The Hall–Kier alpha value is -4.13. The summed E-state index contributed by atoms with van der Waals surface area (Å²) in [5.74, 6) is -1.58. The first-order chi connectivity index (χ1) is 18.0. The van der Waals surface area contributed by atoms with Gasteiger partial charge < -0.3 is 19.5 Å². The van der Waals surface area contributed by atoms with Gasteiger partial charge in [-0.2, -0.15) is 8.42 Å². The average Bonchev–Trinajstić information content (AvgIpc) is 2.89. The highest BCUT2D eigenvalue weighted by molar-refractivity contribution is 7.86. The normalized spacial score (nSPS) is 12.4. The number of nitrogens with zero attached hydrogens (tertiary/aromatic N) is 3. The summed E-state index contributed by atoms with van der Waals surface area (Å²) in [6, 6.07) is 11.6. The van der Waals surface area contributed by atoms with E-state index >= 15 is 0 Å². The standard InChI is InChI=1S/C24H28N4O9S/c1-16-4-10-21(11-5-16)38(32,33)36-15-20(37-17(2)29)14-35-19-8-6-18(7-9-19)12-22(24(31)34-3)27-23(30)13-26-28-25/h4-11,20,22H,12-15H2,1-3H3,(H,27,30)/t20-,22?/m0/s1. The first kappa shape index (κ1) is 30.1. The predicted molar refractivity (Wildman–Crippen MR) is 133 cm³/mol. The molecule has 2 aromatic rings. The number of benzene rings is 2. The van der Waals surface area contributed by atoms with Crippen molar-refractivity contribution in [1.29, 1.82) is 0 Å². The van der Waals surface area contributed by atoms with Crippen molar-refractivity contribution in [3.05, 3.63) is 70.1 Å². The third kappa shape index (κ3) is 10.1. The molecule has 2 atom stereocenters. The van der Waals surface area contributed by atoms with Crippen LogP contribution in [-0.4, -0.2) is 65.3 Å². The maximum atomic E-state index is 12.4. The zero-order valence-corrected chi connectivity index (χ0v) is 21.8. The highest BCUT2D eigenvalue weighted by Crippen LogP contribution is 2.17. The van der Waals surface area contributed by atoms with Gasteiger partial charge in [0.25, 0.3) is 10.1 Å². The summed E-state index contributed by atoms with van der Waals surface area (Å²) >= 11 is 0. The lowest BCUT2D eigenvalue weighted by Crippen LogP contribution is -2.43. The Morgan fingerprint density at radius 2 is 1.71 bits per heavy atom. The molecule has 14 heteroatoms. The quantitative estimate of drug-likeness (QED) is 0.122. The van der Waals surface area contributed by atoms with E-state index in [-0.39, 0.29) is 17.9 Å². The summed E-state index contributed by atoms with van der Waals surface area (Å²) in [6.07, 6.45) is -0.919. The number of azide groups is 1. The van der Waals surface area contributed by atoms with E-state index in [2.05, 4.69) is 15.3 Å². The molecule has 1 N–H and O–H groups in total. The van der Waals surface area contributed by atoms with Crippen LogP contribution in [0, 0.1) is 6.92 Å².